The minimum absolute atomic E-state index is 0.0633. The van der Waals surface area contributed by atoms with E-state index in [1.54, 1.807) is 6.07 Å². The van der Waals surface area contributed by atoms with E-state index >= 15 is 0 Å². The number of carbonyl (C=O) groups is 1. The molecule has 0 aliphatic rings. The zero-order chi connectivity index (χ0) is 14.7. The lowest BCUT2D eigenvalue weighted by molar-refractivity contribution is -0.119. The Bertz CT molecular complexity index is 625. The lowest BCUT2D eigenvalue weighted by atomic mass is 10.1. The van der Waals surface area contributed by atoms with Crippen LogP contribution in [0.4, 0.5) is 4.39 Å². The summed E-state index contributed by atoms with van der Waals surface area (Å²) in [6.07, 6.45) is 0.613. The average molecular weight is 341 g/mol. The lowest BCUT2D eigenvalue weighted by Crippen LogP contribution is -2.06. The number of hydrogen-bond donors (Lipinski definition) is 0. The van der Waals surface area contributed by atoms with Crippen LogP contribution in [0.1, 0.15) is 26.2 Å². The summed E-state index contributed by atoms with van der Waals surface area (Å²) in [4.78, 5) is 15.9. The molecule has 1 aromatic heterocycles. The lowest BCUT2D eigenvalue weighted by Gasteiger charge is -2.00. The predicted octanol–water partition coefficient (Wildman–Crippen LogP) is 3.80. The van der Waals surface area contributed by atoms with E-state index in [1.165, 1.54) is 12.1 Å². The van der Waals surface area contributed by atoms with Gasteiger partial charge in [0.1, 0.15) is 11.6 Å². The second kappa shape index (κ2) is 6.26. The molecule has 0 aliphatic heterocycles. The number of hydrogen-bond acceptors (Lipinski definition) is 4. The first-order valence-electron chi connectivity index (χ1n) is 6.25. The Hall–Kier alpha value is -1.56. The number of Topliss-reactive ketones (excluding diaryl/α,β-unsaturated/α-hetero) is 1. The minimum Gasteiger partial charge on any atom is -0.338 e. The van der Waals surface area contributed by atoms with Gasteiger partial charge in [0.05, 0.1) is 6.42 Å². The minimum atomic E-state index is -0.351. The Balaban J connectivity index is 2.14. The third kappa shape index (κ3) is 3.72. The van der Waals surface area contributed by atoms with Crippen LogP contribution in [0, 0.1) is 11.7 Å². The predicted molar refractivity (Wildman–Crippen MR) is 75.6 cm³/mol. The van der Waals surface area contributed by atoms with Crippen molar-refractivity contribution in [3.8, 4) is 11.4 Å². The second-order valence-electron chi connectivity index (χ2n) is 4.95. The van der Waals surface area contributed by atoms with Gasteiger partial charge in [0.2, 0.25) is 11.7 Å². The third-order valence-electron chi connectivity index (χ3n) is 2.62. The molecule has 0 bridgehead atoms. The van der Waals surface area contributed by atoms with Gasteiger partial charge < -0.3 is 4.52 Å². The first-order chi connectivity index (χ1) is 9.45. The van der Waals surface area contributed by atoms with Crippen molar-refractivity contribution in [2.75, 3.05) is 0 Å². The molecule has 0 N–H and O–H groups in total. The monoisotopic (exact) mass is 340 g/mol. The summed E-state index contributed by atoms with van der Waals surface area (Å²) >= 11 is 3.25. The molecule has 0 saturated carbocycles. The molecule has 1 aromatic carbocycles. The standard InChI is InChI=1S/C14H14BrFN2O2/c1-8(2)5-10(19)7-13-17-14(18-20-13)11-4-3-9(16)6-12(11)15/h3-4,6,8H,5,7H2,1-2H3. The van der Waals surface area contributed by atoms with E-state index in [0.717, 1.165) is 0 Å². The molecule has 0 spiro atoms. The Kier molecular flexibility index (Phi) is 4.65. The maximum absolute atomic E-state index is 13.0. The zero-order valence-electron chi connectivity index (χ0n) is 11.2. The molecule has 0 unspecified atom stereocenters. The van der Waals surface area contributed by atoms with E-state index in [4.69, 9.17) is 4.52 Å². The number of aromatic nitrogens is 2. The van der Waals surface area contributed by atoms with E-state index in [9.17, 15) is 9.18 Å². The summed E-state index contributed by atoms with van der Waals surface area (Å²) < 4.78 is 18.6. The van der Waals surface area contributed by atoms with Gasteiger partial charge in [-0.15, -0.1) is 0 Å². The van der Waals surface area contributed by atoms with Crippen LogP contribution in [0.15, 0.2) is 27.2 Å². The van der Waals surface area contributed by atoms with Gasteiger partial charge in [-0.3, -0.25) is 4.79 Å². The van der Waals surface area contributed by atoms with Gasteiger partial charge in [-0.1, -0.05) is 19.0 Å². The number of rotatable bonds is 5. The van der Waals surface area contributed by atoms with Crippen molar-refractivity contribution in [2.45, 2.75) is 26.7 Å². The molecule has 0 amide bonds. The molecule has 2 aromatic rings. The molecule has 0 radical (unpaired) electrons. The van der Waals surface area contributed by atoms with E-state index in [2.05, 4.69) is 26.1 Å². The van der Waals surface area contributed by atoms with E-state index in [-0.39, 0.29) is 23.9 Å². The van der Waals surface area contributed by atoms with Crippen molar-refractivity contribution in [2.24, 2.45) is 5.92 Å². The molecule has 4 nitrogen and oxygen atoms in total. The molecule has 2 rings (SSSR count). The van der Waals surface area contributed by atoms with Crippen molar-refractivity contribution >= 4 is 21.7 Å². The number of halogens is 2. The highest BCUT2D eigenvalue weighted by Crippen LogP contribution is 2.26. The molecule has 6 heteroatoms. The Morgan fingerprint density at radius 3 is 2.85 bits per heavy atom. The van der Waals surface area contributed by atoms with Crippen LogP contribution in [-0.4, -0.2) is 15.9 Å². The van der Waals surface area contributed by atoms with E-state index in [1.807, 2.05) is 13.8 Å². The van der Waals surface area contributed by atoms with Gasteiger partial charge in [-0.25, -0.2) is 4.39 Å². The maximum Gasteiger partial charge on any atom is 0.234 e. The molecule has 1 heterocycles. The Labute approximate surface area is 124 Å². The fourth-order valence-corrected chi connectivity index (χ4v) is 2.33. The summed E-state index contributed by atoms with van der Waals surface area (Å²) in [5.41, 5.74) is 0.623. The maximum atomic E-state index is 13.0. The van der Waals surface area contributed by atoms with Crippen LogP contribution in [0.3, 0.4) is 0 Å². The first-order valence-corrected chi connectivity index (χ1v) is 7.04. The third-order valence-corrected chi connectivity index (χ3v) is 3.28. The van der Waals surface area contributed by atoms with Crippen LogP contribution in [0.25, 0.3) is 11.4 Å². The van der Waals surface area contributed by atoms with Crippen molar-refractivity contribution in [1.29, 1.82) is 0 Å². The number of benzene rings is 1. The molecule has 0 fully saturated rings. The smallest absolute Gasteiger partial charge is 0.234 e. The van der Waals surface area contributed by atoms with Gasteiger partial charge in [0.15, 0.2) is 0 Å². The molecule has 0 saturated heterocycles. The molecular weight excluding hydrogens is 327 g/mol. The average Bonchev–Trinajstić information content (AvgIpc) is 2.75. The van der Waals surface area contributed by atoms with E-state index < -0.39 is 0 Å². The van der Waals surface area contributed by atoms with Crippen molar-refractivity contribution in [3.05, 3.63) is 34.4 Å². The SMILES string of the molecule is CC(C)CC(=O)Cc1nc(-c2ccc(F)cc2Br)no1. The number of nitrogens with zero attached hydrogens (tertiary/aromatic N) is 2. The highest BCUT2D eigenvalue weighted by molar-refractivity contribution is 9.10. The summed E-state index contributed by atoms with van der Waals surface area (Å²) in [5, 5.41) is 3.82. The summed E-state index contributed by atoms with van der Waals surface area (Å²) in [7, 11) is 0. The van der Waals surface area contributed by atoms with Crippen LogP contribution < -0.4 is 0 Å². The van der Waals surface area contributed by atoms with Crippen LogP contribution in [0.2, 0.25) is 0 Å². The van der Waals surface area contributed by atoms with Crippen molar-refractivity contribution in [3.63, 3.8) is 0 Å². The van der Waals surface area contributed by atoms with Gasteiger partial charge in [-0.2, -0.15) is 4.98 Å². The zero-order valence-corrected chi connectivity index (χ0v) is 12.8. The van der Waals surface area contributed by atoms with Crippen molar-refractivity contribution < 1.29 is 13.7 Å². The quantitative estimate of drug-likeness (QED) is 0.830. The van der Waals surface area contributed by atoms with Gasteiger partial charge in [0, 0.05) is 16.5 Å². The Morgan fingerprint density at radius 2 is 2.20 bits per heavy atom. The van der Waals surface area contributed by atoms with Gasteiger partial charge in [0.25, 0.3) is 0 Å². The molecular formula is C14H14BrFN2O2. The highest BCUT2D eigenvalue weighted by Gasteiger charge is 2.15. The molecule has 0 aliphatic carbocycles. The molecule has 20 heavy (non-hydrogen) atoms. The number of ketones is 1. The van der Waals surface area contributed by atoms with Gasteiger partial charge in [-0.05, 0) is 40.0 Å². The summed E-state index contributed by atoms with van der Waals surface area (Å²) in [6.45, 7) is 3.96. The van der Waals surface area contributed by atoms with Crippen LogP contribution in [0.5, 0.6) is 0 Å². The highest BCUT2D eigenvalue weighted by atomic mass is 79.9. The fourth-order valence-electron chi connectivity index (χ4n) is 1.80. The van der Waals surface area contributed by atoms with Crippen LogP contribution in [-0.2, 0) is 11.2 Å². The van der Waals surface area contributed by atoms with Crippen molar-refractivity contribution in [1.82, 2.24) is 10.1 Å². The largest absolute Gasteiger partial charge is 0.338 e. The second-order valence-corrected chi connectivity index (χ2v) is 5.80. The fraction of sp³-hybridized carbons (Fsp3) is 0.357. The first kappa shape index (κ1) is 14.8. The number of carbonyl (C=O) groups excluding carboxylic acids is 1. The molecule has 106 valence electrons. The van der Waals surface area contributed by atoms with E-state index in [0.29, 0.717) is 28.2 Å². The Morgan fingerprint density at radius 1 is 1.45 bits per heavy atom. The molecule has 0 atom stereocenters. The summed E-state index contributed by atoms with van der Waals surface area (Å²) in [5.74, 6) is 0.632. The van der Waals surface area contributed by atoms with Crippen LogP contribution >= 0.6 is 15.9 Å². The summed E-state index contributed by atoms with van der Waals surface area (Å²) in [6, 6.07) is 4.21. The topological polar surface area (TPSA) is 56.0 Å². The normalized spacial score (nSPS) is 11.1. The van der Waals surface area contributed by atoms with Gasteiger partial charge >= 0.3 is 0 Å².